The molecule has 4 rings (SSSR count). The summed E-state index contributed by atoms with van der Waals surface area (Å²) in [5.74, 6) is 0.237. The Hall–Kier alpha value is -3.08. The van der Waals surface area contributed by atoms with Crippen molar-refractivity contribution in [1.82, 2.24) is 9.62 Å². The van der Waals surface area contributed by atoms with E-state index >= 15 is 0 Å². The number of nitrogens with one attached hydrogen (secondary N) is 1. The van der Waals surface area contributed by atoms with Gasteiger partial charge in [0.05, 0.1) is 23.8 Å². The number of rotatable bonds is 5. The molecule has 0 fully saturated rings. The summed E-state index contributed by atoms with van der Waals surface area (Å²) >= 11 is 6.40. The Balaban J connectivity index is 1.76. The summed E-state index contributed by atoms with van der Waals surface area (Å²) in [6.07, 6.45) is 6.09. The van der Waals surface area contributed by atoms with Gasteiger partial charge in [0.15, 0.2) is 11.0 Å². The van der Waals surface area contributed by atoms with E-state index in [0.29, 0.717) is 35.4 Å². The molecule has 11 heteroatoms. The van der Waals surface area contributed by atoms with Crippen molar-refractivity contribution in [3.8, 4) is 5.75 Å². The number of carbonyl (C=O) groups is 2. The van der Waals surface area contributed by atoms with Crippen LogP contribution in [0.1, 0.15) is 64.0 Å². The second kappa shape index (κ2) is 15.5. The number of hydrogen-bond donors (Lipinski definition) is 1. The Morgan fingerprint density at radius 2 is 1.98 bits per heavy atom. The van der Waals surface area contributed by atoms with E-state index in [9.17, 15) is 13.8 Å². The number of ether oxygens (including phenoxy) is 3. The number of fused-ring (bicyclic) bond motifs is 1. The molecule has 2 aromatic carbocycles. The van der Waals surface area contributed by atoms with E-state index in [2.05, 4.69) is 29.5 Å². The monoisotopic (exact) mass is 659 g/mol. The van der Waals surface area contributed by atoms with Gasteiger partial charge in [0.2, 0.25) is 0 Å². The van der Waals surface area contributed by atoms with Gasteiger partial charge in [0.1, 0.15) is 17.5 Å². The fourth-order valence-electron chi connectivity index (χ4n) is 5.66. The van der Waals surface area contributed by atoms with Crippen LogP contribution < -0.4 is 14.4 Å². The smallest absolute Gasteiger partial charge is 0.409 e. The van der Waals surface area contributed by atoms with Crippen molar-refractivity contribution in [3.63, 3.8) is 0 Å². The molecule has 0 saturated heterocycles. The van der Waals surface area contributed by atoms with Gasteiger partial charge < -0.3 is 24.0 Å². The predicted molar refractivity (Wildman–Crippen MR) is 178 cm³/mol. The zero-order valence-electron chi connectivity index (χ0n) is 27.1. The number of carbonyl (C=O) groups excluding carboxylic acids is 2. The van der Waals surface area contributed by atoms with Crippen molar-refractivity contribution in [2.24, 2.45) is 5.92 Å². The fraction of sp³-hybridized carbons (Fsp3) is 0.529. The number of aryl methyl sites for hydroxylation is 1. The molecule has 2 aliphatic rings. The van der Waals surface area contributed by atoms with Crippen molar-refractivity contribution in [2.75, 3.05) is 45.3 Å². The molecule has 246 valence electrons. The molecule has 0 radical (unpaired) electrons. The summed E-state index contributed by atoms with van der Waals surface area (Å²) in [6.45, 7) is 9.38. The van der Waals surface area contributed by atoms with Crippen LogP contribution in [0.3, 0.4) is 0 Å². The third-order valence-corrected chi connectivity index (χ3v) is 9.68. The van der Waals surface area contributed by atoms with Crippen LogP contribution in [0, 0.1) is 5.92 Å². The Labute approximate surface area is 274 Å². The van der Waals surface area contributed by atoms with Crippen LogP contribution >= 0.6 is 11.6 Å². The lowest BCUT2D eigenvalue weighted by molar-refractivity contribution is -0.139. The standard InChI is InChI=1S/C34H46ClN3O6S/c1-7-10-24-19-26(35)12-14-28(24)25-21-38-17-16-23(8-2)30(44-33(40)37(5)6)11-9-18-43-34(3,4)32(39)36-45(41)27-13-15-31(42-22-25)29(38)20-27/h9,11-15,19-20,23,25,30H,7-8,10,16-18,21-22H2,1-6H3,(H,36,39)/b11-9-. The van der Waals surface area contributed by atoms with Gasteiger partial charge in [-0.15, -0.1) is 0 Å². The van der Waals surface area contributed by atoms with Crippen LogP contribution in [-0.4, -0.2) is 73.2 Å². The van der Waals surface area contributed by atoms with Gasteiger partial charge in [-0.2, -0.15) is 0 Å². The molecule has 2 amide bonds. The van der Waals surface area contributed by atoms with Gasteiger partial charge in [-0.3, -0.25) is 9.52 Å². The summed E-state index contributed by atoms with van der Waals surface area (Å²) in [6, 6.07) is 11.5. The van der Waals surface area contributed by atoms with E-state index in [1.807, 2.05) is 30.3 Å². The summed E-state index contributed by atoms with van der Waals surface area (Å²) in [4.78, 5) is 29.9. The number of nitrogens with zero attached hydrogens (tertiary/aromatic N) is 2. The lowest BCUT2D eigenvalue weighted by atomic mass is 9.91. The molecule has 4 atom stereocenters. The first-order chi connectivity index (χ1) is 21.4. The molecule has 1 N–H and O–H groups in total. The molecular weight excluding hydrogens is 614 g/mol. The van der Waals surface area contributed by atoms with E-state index in [-0.39, 0.29) is 18.4 Å². The first kappa shape index (κ1) is 34.8. The number of amides is 2. The Morgan fingerprint density at radius 3 is 2.69 bits per heavy atom. The summed E-state index contributed by atoms with van der Waals surface area (Å²) in [7, 11) is 1.51. The van der Waals surface area contributed by atoms with Crippen LogP contribution in [-0.2, 0) is 31.7 Å². The van der Waals surface area contributed by atoms with Crippen molar-refractivity contribution < 1.29 is 28.0 Å². The molecule has 0 aromatic heterocycles. The highest BCUT2D eigenvalue weighted by atomic mass is 35.5. The molecule has 2 bridgehead atoms. The number of hydrogen-bond acceptors (Lipinski definition) is 7. The van der Waals surface area contributed by atoms with Crippen LogP contribution in [0.4, 0.5) is 10.5 Å². The minimum Gasteiger partial charge on any atom is -0.491 e. The highest BCUT2D eigenvalue weighted by Gasteiger charge is 2.32. The molecule has 45 heavy (non-hydrogen) atoms. The quantitative estimate of drug-likeness (QED) is 0.379. The third-order valence-electron chi connectivity index (χ3n) is 8.39. The zero-order chi connectivity index (χ0) is 32.7. The second-order valence-electron chi connectivity index (χ2n) is 12.3. The summed E-state index contributed by atoms with van der Waals surface area (Å²) < 4.78 is 34.2. The van der Waals surface area contributed by atoms with Gasteiger partial charge in [0, 0.05) is 44.0 Å². The van der Waals surface area contributed by atoms with Gasteiger partial charge in [-0.05, 0) is 80.6 Å². The first-order valence-electron chi connectivity index (χ1n) is 15.6. The maximum atomic E-state index is 13.4. The van der Waals surface area contributed by atoms with Crippen molar-refractivity contribution in [3.05, 3.63) is 64.7 Å². The largest absolute Gasteiger partial charge is 0.491 e. The van der Waals surface area contributed by atoms with Crippen LogP contribution in [0.5, 0.6) is 5.75 Å². The molecule has 9 nitrogen and oxygen atoms in total. The van der Waals surface area contributed by atoms with E-state index in [0.717, 1.165) is 31.4 Å². The molecule has 0 saturated carbocycles. The van der Waals surface area contributed by atoms with Gasteiger partial charge in [0.25, 0.3) is 5.91 Å². The molecule has 2 heterocycles. The maximum absolute atomic E-state index is 13.4. The predicted octanol–water partition coefficient (Wildman–Crippen LogP) is 6.26. The second-order valence-corrected chi connectivity index (χ2v) is 14.0. The van der Waals surface area contributed by atoms with Crippen molar-refractivity contribution in [2.45, 2.75) is 75.9 Å². The third kappa shape index (κ3) is 8.80. The number of benzene rings is 2. The molecule has 2 aliphatic heterocycles. The summed E-state index contributed by atoms with van der Waals surface area (Å²) in [5.41, 5.74) is 1.96. The van der Waals surface area contributed by atoms with Crippen molar-refractivity contribution in [1.29, 1.82) is 0 Å². The minimum atomic E-state index is -1.81. The van der Waals surface area contributed by atoms with Crippen molar-refractivity contribution >= 4 is 40.3 Å². The maximum Gasteiger partial charge on any atom is 0.409 e. The molecule has 0 aliphatic carbocycles. The Kier molecular flexibility index (Phi) is 12.0. The van der Waals surface area contributed by atoms with Crippen LogP contribution in [0.2, 0.25) is 5.02 Å². The zero-order valence-corrected chi connectivity index (χ0v) is 28.7. The Morgan fingerprint density at radius 1 is 1.20 bits per heavy atom. The van der Waals surface area contributed by atoms with E-state index in [1.54, 1.807) is 40.1 Å². The molecular formula is C34H46ClN3O6S. The van der Waals surface area contributed by atoms with Gasteiger partial charge in [-0.1, -0.05) is 44.0 Å². The van der Waals surface area contributed by atoms with E-state index < -0.39 is 34.7 Å². The lowest BCUT2D eigenvalue weighted by Gasteiger charge is -2.31. The minimum absolute atomic E-state index is 0.00364. The highest BCUT2D eigenvalue weighted by Crippen LogP contribution is 2.38. The molecule has 2 aromatic rings. The van der Waals surface area contributed by atoms with E-state index in [1.165, 1.54) is 16.0 Å². The average molecular weight is 660 g/mol. The topological polar surface area (TPSA) is 97.4 Å². The van der Waals surface area contributed by atoms with Crippen LogP contribution in [0.15, 0.2) is 53.4 Å². The normalized spacial score (nSPS) is 24.5. The number of anilines is 1. The SMILES string of the molecule is CCCc1cc(Cl)ccc1C1COc2ccc3cc2N(CCC(CC)C(OC(=O)N(C)C)/C=C\COC(C)(C)C(=O)NS3=O)C1. The molecule has 0 spiro atoms. The Bertz CT molecular complexity index is 1410. The number of halogens is 1. The van der Waals surface area contributed by atoms with E-state index in [4.69, 9.17) is 25.8 Å². The lowest BCUT2D eigenvalue weighted by Crippen LogP contribution is -2.45. The highest BCUT2D eigenvalue weighted by molar-refractivity contribution is 7.83. The van der Waals surface area contributed by atoms with Gasteiger partial charge in [-0.25, -0.2) is 9.00 Å². The van der Waals surface area contributed by atoms with Crippen LogP contribution in [0.25, 0.3) is 0 Å². The van der Waals surface area contributed by atoms with Gasteiger partial charge >= 0.3 is 6.09 Å². The molecule has 4 unspecified atom stereocenters. The average Bonchev–Trinajstić information content (AvgIpc) is 3.18. The summed E-state index contributed by atoms with van der Waals surface area (Å²) in [5, 5.41) is 0.713. The first-order valence-corrected chi connectivity index (χ1v) is 17.2. The fourth-order valence-corrected chi connectivity index (χ4v) is 6.80.